The summed E-state index contributed by atoms with van der Waals surface area (Å²) < 4.78 is 26.1. The number of aromatic amines is 1. The SMILES string of the molecule is CCS(=O)(=O)N[C@@H]1[C@@H]2C[C@@](O)(c3cc(Cl)cc4[nH]ncc34)C[C@@H]21. The molecule has 0 saturated heterocycles. The molecular formula is C15H18ClN3O3S. The van der Waals surface area contributed by atoms with Gasteiger partial charge in [-0.05, 0) is 49.3 Å². The van der Waals surface area contributed by atoms with Gasteiger partial charge in [-0.3, -0.25) is 5.10 Å². The Morgan fingerprint density at radius 1 is 1.43 bits per heavy atom. The van der Waals surface area contributed by atoms with Crippen molar-refractivity contribution in [1.29, 1.82) is 0 Å². The van der Waals surface area contributed by atoms with Crippen molar-refractivity contribution in [3.8, 4) is 0 Å². The Kier molecular flexibility index (Phi) is 3.29. The molecule has 0 aliphatic heterocycles. The lowest BCUT2D eigenvalue weighted by Gasteiger charge is -2.27. The van der Waals surface area contributed by atoms with Crippen LogP contribution in [-0.4, -0.2) is 35.5 Å². The third-order valence-corrected chi connectivity index (χ3v) is 6.81. The van der Waals surface area contributed by atoms with Gasteiger partial charge < -0.3 is 5.11 Å². The second-order valence-electron chi connectivity index (χ2n) is 6.60. The highest BCUT2D eigenvalue weighted by Gasteiger charge is 2.62. The standard InChI is InChI=1S/C15H18ClN3O3S/c1-2-23(21,22)19-14-9-5-15(20,6-10(9)14)12-3-8(16)4-13-11(12)7-17-18-13/h3-4,7,9-10,14,19-20H,2,5-6H2,1H3,(H,17,18)/t9-,10+,14-,15+. The number of hydrogen-bond acceptors (Lipinski definition) is 4. The molecule has 6 nitrogen and oxygen atoms in total. The molecule has 23 heavy (non-hydrogen) atoms. The molecule has 0 radical (unpaired) electrons. The molecule has 2 saturated carbocycles. The largest absolute Gasteiger partial charge is 0.385 e. The first-order valence-electron chi connectivity index (χ1n) is 7.68. The summed E-state index contributed by atoms with van der Waals surface area (Å²) in [4.78, 5) is 0. The third kappa shape index (κ3) is 2.46. The van der Waals surface area contributed by atoms with Gasteiger partial charge in [-0.2, -0.15) is 5.10 Å². The van der Waals surface area contributed by atoms with E-state index in [0.717, 1.165) is 16.5 Å². The maximum Gasteiger partial charge on any atom is 0.211 e. The predicted molar refractivity (Wildman–Crippen MR) is 87.6 cm³/mol. The summed E-state index contributed by atoms with van der Waals surface area (Å²) >= 11 is 6.15. The maximum absolute atomic E-state index is 11.7. The first-order chi connectivity index (χ1) is 10.8. The van der Waals surface area contributed by atoms with Crippen molar-refractivity contribution in [2.24, 2.45) is 11.8 Å². The molecule has 4 atom stereocenters. The Hall–Kier alpha value is -1.15. The van der Waals surface area contributed by atoms with Crippen LogP contribution < -0.4 is 4.72 Å². The first kappa shape index (κ1) is 15.4. The Labute approximate surface area is 139 Å². The normalized spacial score (nSPS) is 33.1. The van der Waals surface area contributed by atoms with E-state index in [1.807, 2.05) is 0 Å². The van der Waals surface area contributed by atoms with Crippen LogP contribution in [0.1, 0.15) is 25.3 Å². The number of aromatic nitrogens is 2. The van der Waals surface area contributed by atoms with Crippen molar-refractivity contribution < 1.29 is 13.5 Å². The van der Waals surface area contributed by atoms with Crippen LogP contribution >= 0.6 is 11.6 Å². The van der Waals surface area contributed by atoms with Gasteiger partial charge in [-0.15, -0.1) is 0 Å². The van der Waals surface area contributed by atoms with Gasteiger partial charge in [0.2, 0.25) is 10.0 Å². The van der Waals surface area contributed by atoms with Crippen LogP contribution in [0.25, 0.3) is 10.9 Å². The summed E-state index contributed by atoms with van der Waals surface area (Å²) in [7, 11) is -3.20. The van der Waals surface area contributed by atoms with Crippen LogP contribution in [0.4, 0.5) is 0 Å². The zero-order chi connectivity index (χ0) is 16.4. The lowest BCUT2D eigenvalue weighted by atomic mass is 9.86. The van der Waals surface area contributed by atoms with Crippen molar-refractivity contribution >= 4 is 32.5 Å². The molecule has 1 heterocycles. The predicted octanol–water partition coefficient (Wildman–Crippen LogP) is 1.75. The molecule has 2 aliphatic rings. The molecule has 0 spiro atoms. The summed E-state index contributed by atoms with van der Waals surface area (Å²) in [5.41, 5.74) is 0.596. The van der Waals surface area contributed by atoms with E-state index in [2.05, 4.69) is 14.9 Å². The molecule has 0 amide bonds. The van der Waals surface area contributed by atoms with E-state index in [1.54, 1.807) is 25.3 Å². The summed E-state index contributed by atoms with van der Waals surface area (Å²) in [5, 5.41) is 19.4. The van der Waals surface area contributed by atoms with Crippen molar-refractivity contribution in [2.75, 3.05) is 5.75 Å². The van der Waals surface area contributed by atoms with E-state index in [-0.39, 0.29) is 23.6 Å². The topological polar surface area (TPSA) is 95.1 Å². The van der Waals surface area contributed by atoms with Crippen LogP contribution in [0.3, 0.4) is 0 Å². The molecular weight excluding hydrogens is 338 g/mol. The fourth-order valence-electron chi connectivity index (χ4n) is 3.95. The smallest absolute Gasteiger partial charge is 0.211 e. The number of sulfonamides is 1. The maximum atomic E-state index is 11.7. The molecule has 1 aromatic heterocycles. The van der Waals surface area contributed by atoms with Crippen LogP contribution in [0.2, 0.25) is 5.02 Å². The number of fused-ring (bicyclic) bond motifs is 2. The Morgan fingerprint density at radius 3 is 2.78 bits per heavy atom. The number of nitrogens with one attached hydrogen (secondary N) is 2. The number of aliphatic hydroxyl groups is 1. The zero-order valence-corrected chi connectivity index (χ0v) is 14.2. The minimum Gasteiger partial charge on any atom is -0.385 e. The van der Waals surface area contributed by atoms with Crippen LogP contribution in [0.5, 0.6) is 0 Å². The number of rotatable bonds is 4. The van der Waals surface area contributed by atoms with E-state index in [9.17, 15) is 13.5 Å². The average molecular weight is 356 g/mol. The number of halogens is 1. The highest BCUT2D eigenvalue weighted by atomic mass is 35.5. The average Bonchev–Trinajstić information content (AvgIpc) is 2.88. The van der Waals surface area contributed by atoms with E-state index < -0.39 is 15.6 Å². The van der Waals surface area contributed by atoms with E-state index in [1.165, 1.54) is 0 Å². The Morgan fingerprint density at radius 2 is 2.13 bits per heavy atom. The minimum atomic E-state index is -3.20. The third-order valence-electron chi connectivity index (χ3n) is 5.20. The fourth-order valence-corrected chi connectivity index (χ4v) is 5.10. The van der Waals surface area contributed by atoms with Gasteiger partial charge in [0.1, 0.15) is 0 Å². The van der Waals surface area contributed by atoms with Gasteiger partial charge in [0.25, 0.3) is 0 Å². The quantitative estimate of drug-likeness (QED) is 0.778. The van der Waals surface area contributed by atoms with E-state index in [4.69, 9.17) is 11.6 Å². The molecule has 8 heteroatoms. The molecule has 4 rings (SSSR count). The number of nitrogens with zero attached hydrogens (tertiary/aromatic N) is 1. The summed E-state index contributed by atoms with van der Waals surface area (Å²) in [6, 6.07) is 3.53. The fraction of sp³-hybridized carbons (Fsp3) is 0.533. The van der Waals surface area contributed by atoms with Crippen molar-refractivity contribution in [3.05, 3.63) is 28.9 Å². The molecule has 2 aromatic rings. The second kappa shape index (κ2) is 4.92. The van der Waals surface area contributed by atoms with Crippen LogP contribution in [-0.2, 0) is 15.6 Å². The number of benzene rings is 1. The highest BCUT2D eigenvalue weighted by molar-refractivity contribution is 7.89. The molecule has 0 bridgehead atoms. The molecule has 0 unspecified atom stereocenters. The first-order valence-corrected chi connectivity index (χ1v) is 9.71. The van der Waals surface area contributed by atoms with Crippen LogP contribution in [0.15, 0.2) is 18.3 Å². The number of H-pyrrole nitrogens is 1. The molecule has 1 aromatic carbocycles. The molecule has 2 aliphatic carbocycles. The van der Waals surface area contributed by atoms with Gasteiger partial charge in [0, 0.05) is 16.5 Å². The summed E-state index contributed by atoms with van der Waals surface area (Å²) in [5.74, 6) is 0.446. The van der Waals surface area contributed by atoms with Crippen molar-refractivity contribution in [3.63, 3.8) is 0 Å². The van der Waals surface area contributed by atoms with Gasteiger partial charge in [-0.1, -0.05) is 11.6 Å². The Balaban J connectivity index is 1.60. The second-order valence-corrected chi connectivity index (χ2v) is 9.08. The van der Waals surface area contributed by atoms with Gasteiger partial charge in [0.05, 0.1) is 23.1 Å². The van der Waals surface area contributed by atoms with Crippen LogP contribution in [0, 0.1) is 11.8 Å². The molecule has 3 N–H and O–H groups in total. The van der Waals surface area contributed by atoms with Gasteiger partial charge >= 0.3 is 0 Å². The summed E-state index contributed by atoms with van der Waals surface area (Å²) in [6.45, 7) is 1.62. The summed E-state index contributed by atoms with van der Waals surface area (Å²) in [6.07, 6.45) is 2.77. The van der Waals surface area contributed by atoms with Gasteiger partial charge in [-0.25, -0.2) is 13.1 Å². The highest BCUT2D eigenvalue weighted by Crippen LogP contribution is 2.60. The Bertz CT molecular complexity index is 867. The van der Waals surface area contributed by atoms with Crippen molar-refractivity contribution in [1.82, 2.24) is 14.9 Å². The lowest BCUT2D eigenvalue weighted by molar-refractivity contribution is 0.0303. The lowest BCUT2D eigenvalue weighted by Crippen LogP contribution is -2.34. The van der Waals surface area contributed by atoms with E-state index >= 15 is 0 Å². The number of hydrogen-bond donors (Lipinski definition) is 3. The van der Waals surface area contributed by atoms with Gasteiger partial charge in [0.15, 0.2) is 0 Å². The molecule has 2 fully saturated rings. The van der Waals surface area contributed by atoms with Crippen molar-refractivity contribution in [2.45, 2.75) is 31.4 Å². The minimum absolute atomic E-state index is 0.0424. The zero-order valence-electron chi connectivity index (χ0n) is 12.6. The monoisotopic (exact) mass is 355 g/mol. The van der Waals surface area contributed by atoms with E-state index in [0.29, 0.717) is 17.9 Å². The molecule has 124 valence electrons.